The van der Waals surface area contributed by atoms with Crippen LogP contribution in [0.2, 0.25) is 0 Å². The molecule has 6 atom stereocenters. The first-order chi connectivity index (χ1) is 15.2. The standard InChI is InChI=1S/C21H22F3N5O3/c1-7-16-19(29(3)18(8(2)30)20(31)26-16)28-21(25-7)27-17-9-6-12(13(9)17)32-11-5-4-10(22)14(23)15(11)24/h4-5,8-9,12-13,17-18,30H,6H2,1-3H3,(H,26,31)(H,25,27,28)/t8-,9-,12-,13?,17?,18-/m0/s1. The number of fused-ring (bicyclic) bond motifs is 2. The molecule has 3 aliphatic rings. The molecule has 1 aromatic carbocycles. The van der Waals surface area contributed by atoms with Crippen molar-refractivity contribution >= 4 is 23.4 Å². The lowest BCUT2D eigenvalue weighted by atomic mass is 9.96. The van der Waals surface area contributed by atoms with Crippen LogP contribution < -0.4 is 20.3 Å². The van der Waals surface area contributed by atoms with Gasteiger partial charge < -0.3 is 25.4 Å². The Hall–Kier alpha value is -3.08. The number of anilines is 3. The molecule has 1 amide bonds. The van der Waals surface area contributed by atoms with E-state index in [1.165, 1.54) is 6.92 Å². The highest BCUT2D eigenvalue weighted by molar-refractivity contribution is 6.03. The summed E-state index contributed by atoms with van der Waals surface area (Å²) in [6.07, 6.45) is -0.573. The van der Waals surface area contributed by atoms with E-state index in [0.717, 1.165) is 12.1 Å². The zero-order valence-electron chi connectivity index (χ0n) is 17.6. The van der Waals surface area contributed by atoms with Crippen molar-refractivity contribution in [2.24, 2.45) is 11.8 Å². The van der Waals surface area contributed by atoms with E-state index in [9.17, 15) is 23.1 Å². The highest BCUT2D eigenvalue weighted by atomic mass is 19.2. The van der Waals surface area contributed by atoms with Crippen LogP contribution in [0.25, 0.3) is 0 Å². The van der Waals surface area contributed by atoms with Gasteiger partial charge in [-0.2, -0.15) is 9.37 Å². The second-order valence-electron chi connectivity index (χ2n) is 8.59. The lowest BCUT2D eigenvalue weighted by molar-refractivity contribution is -0.119. The first-order valence-corrected chi connectivity index (χ1v) is 10.3. The number of carbonyl (C=O) groups excluding carboxylic acids is 1. The molecule has 5 rings (SSSR count). The van der Waals surface area contributed by atoms with Gasteiger partial charge in [0.15, 0.2) is 23.2 Å². The molecular weight excluding hydrogens is 427 g/mol. The van der Waals surface area contributed by atoms with Crippen LogP contribution in [0.15, 0.2) is 12.1 Å². The van der Waals surface area contributed by atoms with Crippen molar-refractivity contribution in [2.45, 2.75) is 44.6 Å². The number of hydrogen-bond donors (Lipinski definition) is 3. The van der Waals surface area contributed by atoms with Crippen molar-refractivity contribution in [3.8, 4) is 5.75 Å². The van der Waals surface area contributed by atoms with Crippen LogP contribution in [-0.4, -0.2) is 52.3 Å². The maximum absolute atomic E-state index is 13.9. The Balaban J connectivity index is 1.30. The van der Waals surface area contributed by atoms with Gasteiger partial charge in [-0.25, -0.2) is 13.8 Å². The fourth-order valence-electron chi connectivity index (χ4n) is 4.75. The fraction of sp³-hybridized carbons (Fsp3) is 0.476. The number of aromatic nitrogens is 2. The van der Waals surface area contributed by atoms with E-state index in [1.807, 2.05) is 0 Å². The van der Waals surface area contributed by atoms with Gasteiger partial charge in [0.25, 0.3) is 0 Å². The van der Waals surface area contributed by atoms with Crippen LogP contribution in [0.1, 0.15) is 19.0 Å². The van der Waals surface area contributed by atoms with Gasteiger partial charge in [-0.15, -0.1) is 0 Å². The Morgan fingerprint density at radius 2 is 2.03 bits per heavy atom. The number of carbonyl (C=O) groups is 1. The van der Waals surface area contributed by atoms with Gasteiger partial charge in [-0.3, -0.25) is 4.79 Å². The molecular formula is C21H22F3N5O3. The molecule has 2 heterocycles. The van der Waals surface area contributed by atoms with E-state index in [0.29, 0.717) is 29.6 Å². The minimum Gasteiger partial charge on any atom is -0.487 e. The Morgan fingerprint density at radius 1 is 1.28 bits per heavy atom. The molecule has 2 aliphatic carbocycles. The molecule has 0 radical (unpaired) electrons. The van der Waals surface area contributed by atoms with Gasteiger partial charge in [0.05, 0.1) is 11.8 Å². The largest absolute Gasteiger partial charge is 0.487 e. The van der Waals surface area contributed by atoms with Crippen molar-refractivity contribution in [2.75, 3.05) is 22.6 Å². The highest BCUT2D eigenvalue weighted by Crippen LogP contribution is 2.58. The van der Waals surface area contributed by atoms with E-state index in [2.05, 4.69) is 20.6 Å². The van der Waals surface area contributed by atoms with E-state index < -0.39 is 29.6 Å². The molecule has 0 spiro atoms. The Kier molecular flexibility index (Phi) is 4.70. The Morgan fingerprint density at radius 3 is 2.75 bits per heavy atom. The zero-order valence-corrected chi connectivity index (χ0v) is 17.6. The quantitative estimate of drug-likeness (QED) is 0.602. The van der Waals surface area contributed by atoms with Crippen LogP contribution in [0.4, 0.5) is 30.6 Å². The number of nitrogens with one attached hydrogen (secondary N) is 2. The summed E-state index contributed by atoms with van der Waals surface area (Å²) in [7, 11) is 1.69. The summed E-state index contributed by atoms with van der Waals surface area (Å²) in [6.45, 7) is 3.29. The number of benzene rings is 1. The zero-order chi connectivity index (χ0) is 22.9. The lowest BCUT2D eigenvalue weighted by Gasteiger charge is -2.36. The molecule has 0 bridgehead atoms. The molecule has 32 heavy (non-hydrogen) atoms. The molecule has 11 heteroatoms. The molecule has 2 unspecified atom stereocenters. The van der Waals surface area contributed by atoms with E-state index in [1.54, 1.807) is 18.9 Å². The van der Waals surface area contributed by atoms with Crippen molar-refractivity contribution in [1.82, 2.24) is 9.97 Å². The van der Waals surface area contributed by atoms with Crippen LogP contribution in [-0.2, 0) is 4.79 Å². The predicted octanol–water partition coefficient (Wildman–Crippen LogP) is 2.22. The third-order valence-corrected chi connectivity index (χ3v) is 6.53. The van der Waals surface area contributed by atoms with Gasteiger partial charge >= 0.3 is 0 Å². The minimum atomic E-state index is -1.55. The molecule has 3 N–H and O–H groups in total. The average molecular weight is 449 g/mol. The maximum Gasteiger partial charge on any atom is 0.249 e. The van der Waals surface area contributed by atoms with Gasteiger partial charge in [-0.1, -0.05) is 0 Å². The van der Waals surface area contributed by atoms with Crippen LogP contribution in [0, 0.1) is 36.2 Å². The summed E-state index contributed by atoms with van der Waals surface area (Å²) >= 11 is 0. The maximum atomic E-state index is 13.9. The number of aliphatic hydroxyl groups excluding tert-OH is 1. The minimum absolute atomic E-state index is 0.00172. The summed E-state index contributed by atoms with van der Waals surface area (Å²) in [4.78, 5) is 22.9. The number of nitrogens with zero attached hydrogens (tertiary/aromatic N) is 3. The second kappa shape index (κ2) is 7.22. The summed E-state index contributed by atoms with van der Waals surface area (Å²) in [5.74, 6) is -3.54. The van der Waals surface area contributed by atoms with E-state index in [4.69, 9.17) is 4.74 Å². The van der Waals surface area contributed by atoms with Crippen molar-refractivity contribution in [3.05, 3.63) is 35.3 Å². The van der Waals surface area contributed by atoms with Crippen LogP contribution >= 0.6 is 0 Å². The van der Waals surface area contributed by atoms with E-state index in [-0.39, 0.29) is 35.6 Å². The van der Waals surface area contributed by atoms with Gasteiger partial charge in [-0.05, 0) is 38.3 Å². The van der Waals surface area contributed by atoms with Crippen molar-refractivity contribution in [1.29, 1.82) is 0 Å². The molecule has 170 valence electrons. The lowest BCUT2D eigenvalue weighted by Crippen LogP contribution is -2.52. The SMILES string of the molecule is Cc1nc(NC2C3[C@@H]2C[C@@H]3Oc2ccc(F)c(F)c2F)nc2c1NC(=O)[C@H]([C@H](C)O)N2C. The molecule has 8 nitrogen and oxygen atoms in total. The Labute approximate surface area is 181 Å². The van der Waals surface area contributed by atoms with Crippen LogP contribution in [0.5, 0.6) is 5.75 Å². The van der Waals surface area contributed by atoms with Crippen molar-refractivity contribution < 1.29 is 27.8 Å². The first kappa shape index (κ1) is 20.8. The third kappa shape index (κ3) is 3.14. The number of likely N-dealkylation sites (N-methyl/N-ethyl adjacent to an activating group) is 1. The summed E-state index contributed by atoms with van der Waals surface area (Å²) in [6, 6.07) is 1.16. The monoisotopic (exact) mass is 449 g/mol. The van der Waals surface area contributed by atoms with Gasteiger partial charge in [0, 0.05) is 19.0 Å². The van der Waals surface area contributed by atoms with Gasteiger partial charge in [0.2, 0.25) is 17.7 Å². The molecule has 0 saturated heterocycles. The molecule has 2 saturated carbocycles. The number of hydrogen-bond acceptors (Lipinski definition) is 7. The first-order valence-electron chi connectivity index (χ1n) is 10.3. The topological polar surface area (TPSA) is 99.6 Å². The normalized spacial score (nSPS) is 28.8. The summed E-state index contributed by atoms with van der Waals surface area (Å²) in [5, 5.41) is 16.0. The number of amides is 1. The third-order valence-electron chi connectivity index (χ3n) is 6.53. The molecule has 1 aliphatic heterocycles. The van der Waals surface area contributed by atoms with Gasteiger partial charge in [0.1, 0.15) is 17.8 Å². The van der Waals surface area contributed by atoms with Crippen molar-refractivity contribution in [3.63, 3.8) is 0 Å². The average Bonchev–Trinajstić information content (AvgIpc) is 3.28. The summed E-state index contributed by atoms with van der Waals surface area (Å²) in [5.41, 5.74) is 1.07. The number of rotatable bonds is 5. The second-order valence-corrected chi connectivity index (χ2v) is 8.59. The smallest absolute Gasteiger partial charge is 0.249 e. The highest BCUT2D eigenvalue weighted by Gasteiger charge is 2.65. The summed E-state index contributed by atoms with van der Waals surface area (Å²) < 4.78 is 46.0. The van der Waals surface area contributed by atoms with E-state index >= 15 is 0 Å². The molecule has 2 fully saturated rings. The Bertz CT molecular complexity index is 1110. The fourth-order valence-corrected chi connectivity index (χ4v) is 4.75. The number of aliphatic hydroxyl groups is 1. The number of ether oxygens (including phenoxy) is 1. The number of halogens is 3. The molecule has 2 aromatic rings. The predicted molar refractivity (Wildman–Crippen MR) is 109 cm³/mol. The molecule has 1 aromatic heterocycles. The van der Waals surface area contributed by atoms with Crippen LogP contribution in [0.3, 0.4) is 0 Å². The number of aryl methyl sites for hydroxylation is 1.